The second kappa shape index (κ2) is 9.35. The first-order chi connectivity index (χ1) is 14.2. The highest BCUT2D eigenvalue weighted by Gasteiger charge is 2.35. The molecule has 0 aromatic heterocycles. The summed E-state index contributed by atoms with van der Waals surface area (Å²) in [5.41, 5.74) is 1.25. The van der Waals surface area contributed by atoms with Gasteiger partial charge in [0.15, 0.2) is 0 Å². The maximum absolute atomic E-state index is 13.4. The van der Waals surface area contributed by atoms with Crippen LogP contribution in [0.15, 0.2) is 41.3 Å². The average molecular weight is 415 g/mol. The number of carbonyl (C=O) groups excluding carboxylic acids is 2. The van der Waals surface area contributed by atoms with E-state index in [4.69, 9.17) is 5.11 Å². The molecule has 2 saturated heterocycles. The number of rotatable bonds is 4. The normalized spacial score (nSPS) is 25.8. The zero-order chi connectivity index (χ0) is 20.2. The number of aliphatic hydroxyl groups excluding tert-OH is 1. The predicted octanol–water partition coefficient (Wildman–Crippen LogP) is 3.22. The molecule has 4 rings (SSSR count). The molecule has 5 nitrogen and oxygen atoms in total. The number of allylic oxidation sites excluding steroid dienone is 1. The third-order valence-electron chi connectivity index (χ3n) is 6.47. The highest BCUT2D eigenvalue weighted by Crippen LogP contribution is 2.41. The predicted molar refractivity (Wildman–Crippen MR) is 115 cm³/mol. The Morgan fingerprint density at radius 3 is 2.52 bits per heavy atom. The van der Waals surface area contributed by atoms with E-state index >= 15 is 0 Å². The summed E-state index contributed by atoms with van der Waals surface area (Å²) < 4.78 is 0. The molecule has 3 heterocycles. The van der Waals surface area contributed by atoms with Gasteiger partial charge in [-0.3, -0.25) is 9.59 Å². The van der Waals surface area contributed by atoms with Crippen LogP contribution >= 0.6 is 11.8 Å². The monoisotopic (exact) mass is 414 g/mol. The summed E-state index contributed by atoms with van der Waals surface area (Å²) >= 11 is 1.82. The van der Waals surface area contributed by atoms with Crippen molar-refractivity contribution in [2.45, 2.75) is 38.1 Å². The maximum Gasteiger partial charge on any atom is 0.248 e. The number of nitrogens with zero attached hydrogens (tertiary/aromatic N) is 2. The SMILES string of the molecule is O=C(CO)N1CCC(C2=CC(C(=O)N3CCCCC3c3ccccc3)CS2)CC1. The van der Waals surface area contributed by atoms with E-state index in [1.807, 2.05) is 17.8 Å². The molecule has 29 heavy (non-hydrogen) atoms. The Labute approximate surface area is 177 Å². The average Bonchev–Trinajstić information content (AvgIpc) is 3.29. The fraction of sp³-hybridized carbons (Fsp3) is 0.565. The molecule has 1 aromatic carbocycles. The van der Waals surface area contributed by atoms with Gasteiger partial charge in [-0.1, -0.05) is 36.4 Å². The fourth-order valence-electron chi connectivity index (χ4n) is 4.82. The molecule has 0 spiro atoms. The first-order valence-electron chi connectivity index (χ1n) is 10.8. The Morgan fingerprint density at radius 1 is 1.03 bits per heavy atom. The topological polar surface area (TPSA) is 60.9 Å². The van der Waals surface area contributed by atoms with Gasteiger partial charge in [-0.25, -0.2) is 0 Å². The van der Waals surface area contributed by atoms with Crippen molar-refractivity contribution in [3.63, 3.8) is 0 Å². The highest BCUT2D eigenvalue weighted by molar-refractivity contribution is 8.03. The van der Waals surface area contributed by atoms with Crippen LogP contribution in [0.4, 0.5) is 0 Å². The Kier molecular flexibility index (Phi) is 6.60. The molecule has 3 aliphatic rings. The first-order valence-corrected chi connectivity index (χ1v) is 11.7. The number of likely N-dealkylation sites (tertiary alicyclic amines) is 2. The summed E-state index contributed by atoms with van der Waals surface area (Å²) in [4.78, 5) is 30.2. The van der Waals surface area contributed by atoms with Crippen LogP contribution in [0.3, 0.4) is 0 Å². The molecule has 156 valence electrons. The van der Waals surface area contributed by atoms with Crippen LogP contribution in [0.5, 0.6) is 0 Å². The number of thioether (sulfide) groups is 1. The molecule has 2 atom stereocenters. The number of hydrogen-bond acceptors (Lipinski definition) is 4. The van der Waals surface area contributed by atoms with E-state index in [2.05, 4.69) is 35.2 Å². The van der Waals surface area contributed by atoms with Crippen molar-refractivity contribution in [2.75, 3.05) is 32.0 Å². The molecule has 1 aromatic rings. The summed E-state index contributed by atoms with van der Waals surface area (Å²) in [5.74, 6) is 1.33. The summed E-state index contributed by atoms with van der Waals surface area (Å²) in [7, 11) is 0. The lowest BCUT2D eigenvalue weighted by molar-refractivity contribution is -0.137. The largest absolute Gasteiger partial charge is 0.387 e. The van der Waals surface area contributed by atoms with Gasteiger partial charge in [0.1, 0.15) is 6.61 Å². The molecule has 2 fully saturated rings. The van der Waals surface area contributed by atoms with Crippen LogP contribution in [-0.4, -0.2) is 58.7 Å². The van der Waals surface area contributed by atoms with Gasteiger partial charge in [-0.2, -0.15) is 0 Å². The maximum atomic E-state index is 13.4. The van der Waals surface area contributed by atoms with E-state index < -0.39 is 6.61 Å². The quantitative estimate of drug-likeness (QED) is 0.822. The third-order valence-corrected chi connectivity index (χ3v) is 7.80. The van der Waals surface area contributed by atoms with Crippen LogP contribution in [0.1, 0.15) is 43.7 Å². The fourth-order valence-corrected chi connectivity index (χ4v) is 6.16. The number of hydrogen-bond donors (Lipinski definition) is 1. The lowest BCUT2D eigenvalue weighted by atomic mass is 9.92. The van der Waals surface area contributed by atoms with E-state index in [0.29, 0.717) is 19.0 Å². The van der Waals surface area contributed by atoms with E-state index in [9.17, 15) is 9.59 Å². The number of piperidine rings is 2. The Balaban J connectivity index is 1.40. The second-order valence-electron chi connectivity index (χ2n) is 8.25. The minimum Gasteiger partial charge on any atom is -0.387 e. The lowest BCUT2D eigenvalue weighted by Crippen LogP contribution is -2.41. The summed E-state index contributed by atoms with van der Waals surface area (Å²) in [5, 5.41) is 9.04. The van der Waals surface area contributed by atoms with Gasteiger partial charge in [-0.05, 0) is 48.5 Å². The molecule has 3 aliphatic heterocycles. The van der Waals surface area contributed by atoms with Crippen LogP contribution in [0, 0.1) is 11.8 Å². The standard InChI is InChI=1S/C23H30N2O3S/c26-15-22(27)24-12-9-18(10-13-24)21-14-19(16-29-21)23(28)25-11-5-4-8-20(25)17-6-2-1-3-7-17/h1-3,6-7,14,18-20,26H,4-5,8-13,15-16H2. The molecule has 0 radical (unpaired) electrons. The number of amides is 2. The Morgan fingerprint density at radius 2 is 1.79 bits per heavy atom. The molecule has 0 bridgehead atoms. The van der Waals surface area contributed by atoms with Gasteiger partial charge in [0.2, 0.25) is 11.8 Å². The van der Waals surface area contributed by atoms with Crippen molar-refractivity contribution in [2.24, 2.45) is 11.8 Å². The minimum atomic E-state index is -0.406. The van der Waals surface area contributed by atoms with Gasteiger partial charge in [0.25, 0.3) is 0 Å². The van der Waals surface area contributed by atoms with E-state index in [1.54, 1.807) is 4.90 Å². The van der Waals surface area contributed by atoms with E-state index in [0.717, 1.165) is 38.0 Å². The van der Waals surface area contributed by atoms with Crippen LogP contribution in [0.25, 0.3) is 0 Å². The molecule has 0 saturated carbocycles. The van der Waals surface area contributed by atoms with Gasteiger partial charge in [0, 0.05) is 25.4 Å². The van der Waals surface area contributed by atoms with E-state index in [1.165, 1.54) is 16.9 Å². The summed E-state index contributed by atoms with van der Waals surface area (Å²) in [6, 6.07) is 10.6. The number of benzene rings is 1. The third kappa shape index (κ3) is 4.53. The van der Waals surface area contributed by atoms with Crippen molar-refractivity contribution in [3.05, 3.63) is 46.9 Å². The van der Waals surface area contributed by atoms with Gasteiger partial charge >= 0.3 is 0 Å². The molecule has 6 heteroatoms. The van der Waals surface area contributed by atoms with Gasteiger partial charge < -0.3 is 14.9 Å². The second-order valence-corrected chi connectivity index (χ2v) is 9.35. The minimum absolute atomic E-state index is 0.0311. The number of aliphatic hydroxyl groups is 1. The van der Waals surface area contributed by atoms with Crippen molar-refractivity contribution < 1.29 is 14.7 Å². The van der Waals surface area contributed by atoms with E-state index in [-0.39, 0.29) is 23.8 Å². The zero-order valence-electron chi connectivity index (χ0n) is 16.8. The lowest BCUT2D eigenvalue weighted by Gasteiger charge is -2.37. The summed E-state index contributed by atoms with van der Waals surface area (Å²) in [6.45, 7) is 1.84. The Hall–Kier alpha value is -1.79. The van der Waals surface area contributed by atoms with Crippen molar-refractivity contribution in [1.82, 2.24) is 9.80 Å². The molecular formula is C23H30N2O3S. The molecule has 1 N–H and O–H groups in total. The number of carbonyl (C=O) groups is 2. The van der Waals surface area contributed by atoms with Crippen molar-refractivity contribution >= 4 is 23.6 Å². The molecule has 2 unspecified atom stereocenters. The highest BCUT2D eigenvalue weighted by atomic mass is 32.2. The molecule has 2 amide bonds. The smallest absolute Gasteiger partial charge is 0.248 e. The van der Waals surface area contributed by atoms with Gasteiger partial charge in [0.05, 0.1) is 12.0 Å². The molecule has 0 aliphatic carbocycles. The zero-order valence-corrected chi connectivity index (χ0v) is 17.7. The van der Waals surface area contributed by atoms with Gasteiger partial charge in [-0.15, -0.1) is 11.8 Å². The molecular weight excluding hydrogens is 384 g/mol. The van der Waals surface area contributed by atoms with Crippen molar-refractivity contribution in [3.8, 4) is 0 Å². The Bertz CT molecular complexity index is 759. The van der Waals surface area contributed by atoms with Crippen LogP contribution in [-0.2, 0) is 9.59 Å². The van der Waals surface area contributed by atoms with Crippen LogP contribution in [0.2, 0.25) is 0 Å². The first kappa shape index (κ1) is 20.5. The van der Waals surface area contributed by atoms with Crippen molar-refractivity contribution in [1.29, 1.82) is 0 Å². The van der Waals surface area contributed by atoms with Crippen LogP contribution < -0.4 is 0 Å². The summed E-state index contributed by atoms with van der Waals surface area (Å²) in [6.07, 6.45) is 7.35.